The van der Waals surface area contributed by atoms with Crippen LogP contribution in [0.3, 0.4) is 0 Å². The van der Waals surface area contributed by atoms with Crippen molar-refractivity contribution in [1.29, 1.82) is 0 Å². The zero-order chi connectivity index (χ0) is 19.4. The first-order valence-corrected chi connectivity index (χ1v) is 9.96. The Morgan fingerprint density at radius 2 is 1.70 bits per heavy atom. The zero-order valence-corrected chi connectivity index (χ0v) is 16.7. The van der Waals surface area contributed by atoms with E-state index in [9.17, 15) is 9.59 Å². The normalized spacial score (nSPS) is 23.4. The Morgan fingerprint density at radius 1 is 1.07 bits per heavy atom. The lowest BCUT2D eigenvalue weighted by Gasteiger charge is -2.33. The lowest BCUT2D eigenvalue weighted by molar-refractivity contribution is -1.02. The van der Waals surface area contributed by atoms with Crippen molar-refractivity contribution in [1.82, 2.24) is 10.6 Å². The van der Waals surface area contributed by atoms with Crippen molar-refractivity contribution in [2.45, 2.75) is 24.9 Å². The number of hydrogen-bond acceptors (Lipinski definition) is 3. The molecule has 1 heterocycles. The van der Waals surface area contributed by atoms with Crippen LogP contribution < -0.4 is 25.3 Å². The van der Waals surface area contributed by atoms with Gasteiger partial charge >= 0.3 is 11.8 Å². The minimum Gasteiger partial charge on any atom is -0.378 e. The fourth-order valence-corrected chi connectivity index (χ4v) is 3.60. The molecule has 0 radical (unpaired) electrons. The van der Waals surface area contributed by atoms with Crippen LogP contribution in [0.15, 0.2) is 24.3 Å². The van der Waals surface area contributed by atoms with Gasteiger partial charge in [-0.25, -0.2) is 0 Å². The predicted molar refractivity (Wildman–Crippen MR) is 105 cm³/mol. The average molecular weight is 376 g/mol. The second-order valence-electron chi connectivity index (χ2n) is 8.11. The van der Waals surface area contributed by atoms with Crippen LogP contribution in [0.5, 0.6) is 0 Å². The summed E-state index contributed by atoms with van der Waals surface area (Å²) in [5.74, 6) is -1.02. The molecule has 4 N–H and O–H groups in total. The van der Waals surface area contributed by atoms with E-state index >= 15 is 0 Å². The number of amides is 2. The van der Waals surface area contributed by atoms with E-state index in [0.29, 0.717) is 6.54 Å². The van der Waals surface area contributed by atoms with E-state index < -0.39 is 11.8 Å². The lowest BCUT2D eigenvalue weighted by Crippen LogP contribution is -3.27. The molecular weight excluding hydrogens is 342 g/mol. The van der Waals surface area contributed by atoms with Crippen LogP contribution in [-0.2, 0) is 9.59 Å². The summed E-state index contributed by atoms with van der Waals surface area (Å²) in [7, 11) is 6.28. The van der Waals surface area contributed by atoms with Crippen molar-refractivity contribution in [3.63, 3.8) is 0 Å². The summed E-state index contributed by atoms with van der Waals surface area (Å²) in [4.78, 5) is 29.2. The number of carbonyl (C=O) groups excluding carboxylic acids is 2. The molecule has 2 amide bonds. The summed E-state index contributed by atoms with van der Waals surface area (Å²) in [5.41, 5.74) is 2.36. The van der Waals surface area contributed by atoms with E-state index in [0.717, 1.165) is 44.7 Å². The fourth-order valence-electron chi connectivity index (χ4n) is 3.60. The first kappa shape index (κ1) is 19.6. The third-order valence-corrected chi connectivity index (χ3v) is 5.64. The molecule has 0 bridgehead atoms. The molecule has 0 spiro atoms. The Balaban J connectivity index is 1.67. The second-order valence-corrected chi connectivity index (χ2v) is 8.11. The van der Waals surface area contributed by atoms with Crippen LogP contribution in [0.1, 0.15) is 24.4 Å². The summed E-state index contributed by atoms with van der Waals surface area (Å²) >= 11 is 0. The fraction of sp³-hybridized carbons (Fsp3) is 0.600. The molecule has 1 aromatic carbocycles. The third kappa shape index (κ3) is 5.43. The molecule has 7 nitrogen and oxygen atoms in total. The molecule has 1 aromatic rings. The molecule has 1 aliphatic heterocycles. The minimum absolute atomic E-state index is 0.159. The van der Waals surface area contributed by atoms with Crippen molar-refractivity contribution in [2.75, 3.05) is 58.8 Å². The van der Waals surface area contributed by atoms with Crippen LogP contribution in [0.4, 0.5) is 5.69 Å². The van der Waals surface area contributed by atoms with Gasteiger partial charge < -0.3 is 25.3 Å². The number of benzene rings is 1. The van der Waals surface area contributed by atoms with Crippen molar-refractivity contribution in [2.24, 2.45) is 0 Å². The maximum Gasteiger partial charge on any atom is 0.309 e. The number of nitrogens with one attached hydrogen (secondary N) is 4. The highest BCUT2D eigenvalue weighted by Gasteiger charge is 2.31. The Bertz CT molecular complexity index is 649. The van der Waals surface area contributed by atoms with Crippen LogP contribution in [0.25, 0.3) is 0 Å². The molecule has 7 heteroatoms. The maximum atomic E-state index is 12.2. The largest absolute Gasteiger partial charge is 0.378 e. The van der Waals surface area contributed by atoms with Crippen molar-refractivity contribution >= 4 is 17.5 Å². The Kier molecular flexibility index (Phi) is 6.34. The van der Waals surface area contributed by atoms with E-state index in [4.69, 9.17) is 0 Å². The van der Waals surface area contributed by atoms with E-state index in [-0.39, 0.29) is 12.1 Å². The van der Waals surface area contributed by atoms with Gasteiger partial charge in [0, 0.05) is 31.4 Å². The number of piperazine rings is 1. The monoisotopic (exact) mass is 375 g/mol. The Labute approximate surface area is 161 Å². The molecule has 2 aliphatic rings. The predicted octanol–water partition coefficient (Wildman–Crippen LogP) is -2.40. The standard InChI is InChI=1S/C20H31N5O2/c1-23(2)17-8-4-15(5-9-17)18(25-12-10-24(3)11-13-25)14-21-19(26)20(27)22-16-6-7-16/h4-5,8-9,16,18H,6-7,10-14H2,1-3H3,(H,21,26)(H,22,27)/p+2/t18-/m1/s1. The SMILES string of the molecule is CN(C)c1ccc([C@@H](CNC(=O)C(=O)NC2CC2)[NH+]2CC[NH+](C)CC2)cc1. The second kappa shape index (κ2) is 8.71. The zero-order valence-electron chi connectivity index (χ0n) is 16.7. The number of rotatable bonds is 6. The van der Waals surface area contributed by atoms with E-state index in [1.165, 1.54) is 10.5 Å². The van der Waals surface area contributed by atoms with Gasteiger partial charge in [-0.15, -0.1) is 0 Å². The highest BCUT2D eigenvalue weighted by Crippen LogP contribution is 2.18. The summed E-state index contributed by atoms with van der Waals surface area (Å²) in [6, 6.07) is 8.88. The van der Waals surface area contributed by atoms with Gasteiger partial charge in [0.1, 0.15) is 32.2 Å². The van der Waals surface area contributed by atoms with Crippen LogP contribution >= 0.6 is 0 Å². The van der Waals surface area contributed by atoms with Crippen LogP contribution in [0.2, 0.25) is 0 Å². The van der Waals surface area contributed by atoms with Crippen LogP contribution in [-0.4, -0.2) is 71.7 Å². The van der Waals surface area contributed by atoms with Gasteiger partial charge in [0.2, 0.25) is 0 Å². The molecule has 1 saturated carbocycles. The molecule has 1 atom stereocenters. The number of likely N-dealkylation sites (N-methyl/N-ethyl adjacent to an activating group) is 1. The Morgan fingerprint density at radius 3 is 2.26 bits per heavy atom. The summed E-state index contributed by atoms with van der Waals surface area (Å²) in [6.45, 7) is 4.86. The van der Waals surface area contributed by atoms with E-state index in [2.05, 4.69) is 46.8 Å². The molecule has 1 saturated heterocycles. The van der Waals surface area contributed by atoms with E-state index in [1.807, 2.05) is 14.1 Å². The van der Waals surface area contributed by atoms with Crippen LogP contribution in [0, 0.1) is 0 Å². The molecule has 148 valence electrons. The van der Waals surface area contributed by atoms with Gasteiger partial charge in [0.15, 0.2) is 0 Å². The van der Waals surface area contributed by atoms with Crippen molar-refractivity contribution in [3.8, 4) is 0 Å². The van der Waals surface area contributed by atoms with Crippen molar-refractivity contribution < 1.29 is 19.4 Å². The van der Waals surface area contributed by atoms with Gasteiger partial charge in [-0.3, -0.25) is 9.59 Å². The first-order valence-electron chi connectivity index (χ1n) is 9.96. The molecule has 0 aromatic heterocycles. The molecule has 0 unspecified atom stereocenters. The highest BCUT2D eigenvalue weighted by molar-refractivity contribution is 6.35. The molecule has 2 fully saturated rings. The van der Waals surface area contributed by atoms with Gasteiger partial charge in [-0.1, -0.05) is 12.1 Å². The summed E-state index contributed by atoms with van der Waals surface area (Å²) < 4.78 is 0. The van der Waals surface area contributed by atoms with Gasteiger partial charge in [-0.05, 0) is 25.0 Å². The van der Waals surface area contributed by atoms with Gasteiger partial charge in [-0.2, -0.15) is 0 Å². The number of nitrogens with zero attached hydrogens (tertiary/aromatic N) is 1. The quantitative estimate of drug-likeness (QED) is 0.419. The lowest BCUT2D eigenvalue weighted by atomic mass is 10.0. The van der Waals surface area contributed by atoms with E-state index in [1.54, 1.807) is 4.90 Å². The smallest absolute Gasteiger partial charge is 0.309 e. The first-order chi connectivity index (χ1) is 12.9. The summed E-state index contributed by atoms with van der Waals surface area (Å²) in [6.07, 6.45) is 1.96. The number of anilines is 1. The molecule has 1 aliphatic carbocycles. The number of carbonyl (C=O) groups is 2. The molecule has 27 heavy (non-hydrogen) atoms. The minimum atomic E-state index is -0.518. The average Bonchev–Trinajstić information content (AvgIpc) is 3.47. The van der Waals surface area contributed by atoms with Crippen molar-refractivity contribution in [3.05, 3.63) is 29.8 Å². The third-order valence-electron chi connectivity index (χ3n) is 5.64. The Hall–Kier alpha value is -2.12. The number of quaternary nitrogens is 2. The molecular formula is C20H33N5O2+2. The number of hydrogen-bond donors (Lipinski definition) is 4. The van der Waals surface area contributed by atoms with Gasteiger partial charge in [0.25, 0.3) is 0 Å². The molecule has 3 rings (SSSR count). The summed E-state index contributed by atoms with van der Waals surface area (Å²) in [5, 5.41) is 5.63. The van der Waals surface area contributed by atoms with Gasteiger partial charge in [0.05, 0.1) is 13.6 Å². The topological polar surface area (TPSA) is 70.3 Å². The maximum absolute atomic E-state index is 12.2. The highest BCUT2D eigenvalue weighted by atomic mass is 16.2.